The SMILES string of the molecule is NC(C(=O)O)(c1ccc(F)cc1)C(F)(F)F. The summed E-state index contributed by atoms with van der Waals surface area (Å²) < 4.78 is 50.1. The van der Waals surface area contributed by atoms with Crippen molar-refractivity contribution in [1.29, 1.82) is 0 Å². The van der Waals surface area contributed by atoms with Gasteiger partial charge in [0.1, 0.15) is 5.82 Å². The Bertz CT molecular complexity index is 401. The molecule has 0 heterocycles. The number of carbonyl (C=O) groups is 1. The molecule has 0 aliphatic heterocycles. The van der Waals surface area contributed by atoms with Gasteiger partial charge in [-0.25, -0.2) is 9.18 Å². The minimum atomic E-state index is -5.17. The van der Waals surface area contributed by atoms with Gasteiger partial charge in [0.15, 0.2) is 0 Å². The summed E-state index contributed by atoms with van der Waals surface area (Å²) in [4.78, 5) is 10.6. The van der Waals surface area contributed by atoms with E-state index in [4.69, 9.17) is 10.8 Å². The number of hydrogen-bond donors (Lipinski definition) is 2. The second-order valence-corrected chi connectivity index (χ2v) is 3.12. The van der Waals surface area contributed by atoms with Crippen LogP contribution in [-0.2, 0) is 10.3 Å². The van der Waals surface area contributed by atoms with Gasteiger partial charge in [-0.3, -0.25) is 0 Å². The van der Waals surface area contributed by atoms with Crippen LogP contribution in [0.4, 0.5) is 17.6 Å². The molecule has 1 aromatic rings. The molecule has 0 radical (unpaired) electrons. The van der Waals surface area contributed by atoms with Crippen LogP contribution < -0.4 is 5.73 Å². The van der Waals surface area contributed by atoms with E-state index in [1.54, 1.807) is 0 Å². The lowest BCUT2D eigenvalue weighted by Crippen LogP contribution is -2.56. The highest BCUT2D eigenvalue weighted by molar-refractivity contribution is 5.81. The van der Waals surface area contributed by atoms with E-state index >= 15 is 0 Å². The summed E-state index contributed by atoms with van der Waals surface area (Å²) in [5.74, 6) is -3.02. The Morgan fingerprint density at radius 3 is 1.94 bits per heavy atom. The predicted octanol–water partition coefficient (Wildman–Crippen LogP) is 1.63. The molecule has 1 unspecified atom stereocenters. The third-order valence-corrected chi connectivity index (χ3v) is 2.08. The zero-order valence-electron chi connectivity index (χ0n) is 7.75. The van der Waals surface area contributed by atoms with Crippen molar-refractivity contribution in [2.24, 2.45) is 5.73 Å². The van der Waals surface area contributed by atoms with Crippen molar-refractivity contribution in [2.45, 2.75) is 11.7 Å². The summed E-state index contributed by atoms with van der Waals surface area (Å²) in [6.45, 7) is 0. The molecule has 0 saturated heterocycles. The molecule has 0 amide bonds. The van der Waals surface area contributed by atoms with E-state index in [9.17, 15) is 22.4 Å². The van der Waals surface area contributed by atoms with Gasteiger partial charge in [0.2, 0.25) is 5.54 Å². The number of carboxylic acids is 1. The molecule has 0 aromatic heterocycles. The largest absolute Gasteiger partial charge is 0.479 e. The highest BCUT2D eigenvalue weighted by Gasteiger charge is 2.59. The minimum Gasteiger partial charge on any atom is -0.479 e. The number of alkyl halides is 3. The van der Waals surface area contributed by atoms with E-state index < -0.39 is 29.1 Å². The smallest absolute Gasteiger partial charge is 0.421 e. The lowest BCUT2D eigenvalue weighted by atomic mass is 9.90. The molecule has 1 atom stereocenters. The topological polar surface area (TPSA) is 63.3 Å². The monoisotopic (exact) mass is 237 g/mol. The predicted molar refractivity (Wildman–Crippen MR) is 46.0 cm³/mol. The normalized spacial score (nSPS) is 15.6. The molecule has 0 fully saturated rings. The summed E-state index contributed by atoms with van der Waals surface area (Å²) in [5.41, 5.74) is 0.587. The first-order chi connectivity index (χ1) is 7.19. The number of aliphatic carboxylic acids is 1. The zero-order valence-corrected chi connectivity index (χ0v) is 7.75. The van der Waals surface area contributed by atoms with Crippen LogP contribution in [0, 0.1) is 5.82 Å². The molecule has 3 N–H and O–H groups in total. The van der Waals surface area contributed by atoms with Crippen LogP contribution in [-0.4, -0.2) is 17.3 Å². The highest BCUT2D eigenvalue weighted by Crippen LogP contribution is 2.36. The molecule has 1 rings (SSSR count). The summed E-state index contributed by atoms with van der Waals surface area (Å²) in [5, 5.41) is 8.55. The number of rotatable bonds is 2. The molecular weight excluding hydrogens is 230 g/mol. The fourth-order valence-corrected chi connectivity index (χ4v) is 1.12. The van der Waals surface area contributed by atoms with E-state index in [1.165, 1.54) is 0 Å². The van der Waals surface area contributed by atoms with Crippen molar-refractivity contribution in [2.75, 3.05) is 0 Å². The van der Waals surface area contributed by atoms with Gasteiger partial charge >= 0.3 is 12.1 Å². The standard InChI is InChI=1S/C9H7F4NO2/c10-6-3-1-5(2-4-6)8(14,7(15)16)9(11,12)13/h1-4H,14H2,(H,15,16). The van der Waals surface area contributed by atoms with Gasteiger partial charge in [0.25, 0.3) is 0 Å². The van der Waals surface area contributed by atoms with Crippen molar-refractivity contribution in [3.8, 4) is 0 Å². The van der Waals surface area contributed by atoms with Crippen LogP contribution in [0.5, 0.6) is 0 Å². The molecule has 88 valence electrons. The maximum atomic E-state index is 12.5. The van der Waals surface area contributed by atoms with Gasteiger partial charge in [-0.05, 0) is 17.7 Å². The minimum absolute atomic E-state index is 0.691. The van der Waals surface area contributed by atoms with Crippen LogP contribution in [0.25, 0.3) is 0 Å². The van der Waals surface area contributed by atoms with Crippen LogP contribution in [0.15, 0.2) is 24.3 Å². The van der Waals surface area contributed by atoms with Crippen molar-refractivity contribution >= 4 is 5.97 Å². The van der Waals surface area contributed by atoms with E-state index in [0.717, 1.165) is 0 Å². The first kappa shape index (κ1) is 12.4. The lowest BCUT2D eigenvalue weighted by molar-refractivity contribution is -0.204. The maximum Gasteiger partial charge on any atom is 0.421 e. The average molecular weight is 237 g/mol. The lowest BCUT2D eigenvalue weighted by Gasteiger charge is -2.27. The van der Waals surface area contributed by atoms with Crippen LogP contribution in [0.3, 0.4) is 0 Å². The van der Waals surface area contributed by atoms with Crippen LogP contribution in [0.1, 0.15) is 5.56 Å². The molecule has 0 spiro atoms. The number of benzene rings is 1. The molecular formula is C9H7F4NO2. The molecule has 0 bridgehead atoms. The fourth-order valence-electron chi connectivity index (χ4n) is 1.12. The molecule has 0 aliphatic carbocycles. The van der Waals surface area contributed by atoms with Gasteiger partial charge < -0.3 is 10.8 Å². The van der Waals surface area contributed by atoms with Crippen LogP contribution >= 0.6 is 0 Å². The summed E-state index contributed by atoms with van der Waals surface area (Å²) in [6.07, 6.45) is -5.17. The quantitative estimate of drug-likeness (QED) is 0.768. The number of hydrogen-bond acceptors (Lipinski definition) is 2. The maximum absolute atomic E-state index is 12.5. The zero-order chi connectivity index (χ0) is 12.6. The molecule has 16 heavy (non-hydrogen) atoms. The first-order valence-corrected chi connectivity index (χ1v) is 4.04. The Balaban J connectivity index is 3.34. The summed E-state index contributed by atoms with van der Waals surface area (Å²) in [7, 11) is 0. The third kappa shape index (κ3) is 1.85. The first-order valence-electron chi connectivity index (χ1n) is 4.04. The molecule has 3 nitrogen and oxygen atoms in total. The van der Waals surface area contributed by atoms with Crippen molar-refractivity contribution < 1.29 is 27.5 Å². The molecule has 7 heteroatoms. The summed E-state index contributed by atoms with van der Waals surface area (Å²) >= 11 is 0. The Morgan fingerprint density at radius 2 is 1.62 bits per heavy atom. The molecule has 0 aliphatic rings. The summed E-state index contributed by atoms with van der Waals surface area (Å²) in [6, 6.07) is 2.81. The average Bonchev–Trinajstić information content (AvgIpc) is 2.15. The number of halogens is 4. The Hall–Kier alpha value is -1.63. The third-order valence-electron chi connectivity index (χ3n) is 2.08. The van der Waals surface area contributed by atoms with Crippen molar-refractivity contribution in [3.63, 3.8) is 0 Å². The van der Waals surface area contributed by atoms with E-state index in [-0.39, 0.29) is 0 Å². The van der Waals surface area contributed by atoms with Gasteiger partial charge in [-0.1, -0.05) is 12.1 Å². The van der Waals surface area contributed by atoms with Gasteiger partial charge in [0.05, 0.1) is 0 Å². The van der Waals surface area contributed by atoms with Gasteiger partial charge in [-0.15, -0.1) is 0 Å². The molecule has 0 saturated carbocycles. The highest BCUT2D eigenvalue weighted by atomic mass is 19.4. The van der Waals surface area contributed by atoms with E-state index in [2.05, 4.69) is 0 Å². The van der Waals surface area contributed by atoms with Crippen molar-refractivity contribution in [1.82, 2.24) is 0 Å². The van der Waals surface area contributed by atoms with Crippen LogP contribution in [0.2, 0.25) is 0 Å². The van der Waals surface area contributed by atoms with E-state index in [0.29, 0.717) is 24.3 Å². The van der Waals surface area contributed by atoms with Gasteiger partial charge in [0, 0.05) is 0 Å². The van der Waals surface area contributed by atoms with Gasteiger partial charge in [-0.2, -0.15) is 13.2 Å². The number of nitrogens with two attached hydrogens (primary N) is 1. The van der Waals surface area contributed by atoms with E-state index in [1.807, 2.05) is 0 Å². The molecule has 1 aromatic carbocycles. The Labute approximate surface area is 87.5 Å². The fraction of sp³-hybridized carbons (Fsp3) is 0.222. The Morgan fingerprint density at radius 1 is 1.19 bits per heavy atom. The second-order valence-electron chi connectivity index (χ2n) is 3.12. The van der Waals surface area contributed by atoms with Crippen molar-refractivity contribution in [3.05, 3.63) is 35.6 Å². The Kier molecular flexibility index (Phi) is 2.91. The number of carboxylic acid groups (broad SMARTS) is 1. The second kappa shape index (κ2) is 3.75.